The second kappa shape index (κ2) is 5.06. The number of nitrogens with zero attached hydrogens (tertiary/aromatic N) is 3. The summed E-state index contributed by atoms with van der Waals surface area (Å²) < 4.78 is 0. The fourth-order valence-corrected chi connectivity index (χ4v) is 1.25. The lowest BCUT2D eigenvalue weighted by molar-refractivity contribution is 0.101. The number of hydrogen-bond donors (Lipinski definition) is 1. The molecule has 0 fully saturated rings. The fourth-order valence-electron chi connectivity index (χ4n) is 1.25. The molecule has 2 N–H and O–H groups in total. The molecule has 0 aromatic heterocycles. The van der Waals surface area contributed by atoms with Gasteiger partial charge in [0.25, 0.3) is 0 Å². The molecule has 1 rings (SSSR count). The molecule has 0 radical (unpaired) electrons. The zero-order valence-electron chi connectivity index (χ0n) is 9.34. The van der Waals surface area contributed by atoms with Crippen LogP contribution >= 0.6 is 0 Å². The van der Waals surface area contributed by atoms with E-state index in [1.165, 1.54) is 18.3 Å². The van der Waals surface area contributed by atoms with E-state index in [0.717, 1.165) is 0 Å². The van der Waals surface area contributed by atoms with Crippen LogP contribution in [0.15, 0.2) is 28.3 Å². The van der Waals surface area contributed by atoms with Gasteiger partial charge in [-0.15, -0.1) is 0 Å². The van der Waals surface area contributed by atoms with Crippen LogP contribution < -0.4 is 10.7 Å². The highest BCUT2D eigenvalue weighted by Crippen LogP contribution is 2.24. The molecular weight excluding hydrogens is 204 g/mol. The number of hydrazone groups is 1. The van der Waals surface area contributed by atoms with Crippen LogP contribution in [0.25, 0.3) is 0 Å². The Morgan fingerprint density at radius 2 is 2.25 bits per heavy atom. The maximum absolute atomic E-state index is 11.2. The van der Waals surface area contributed by atoms with Gasteiger partial charge in [0.15, 0.2) is 5.78 Å². The van der Waals surface area contributed by atoms with E-state index in [9.17, 15) is 4.79 Å². The summed E-state index contributed by atoms with van der Waals surface area (Å²) in [4.78, 5) is 15.1. The Balaban J connectivity index is 3.24. The number of ketones is 1. The van der Waals surface area contributed by atoms with Crippen LogP contribution in [0.2, 0.25) is 0 Å². The Labute approximate surface area is 94.3 Å². The van der Waals surface area contributed by atoms with E-state index in [0.29, 0.717) is 16.9 Å². The molecule has 0 heterocycles. The third-order valence-electron chi connectivity index (χ3n) is 2.06. The van der Waals surface area contributed by atoms with Crippen molar-refractivity contribution < 1.29 is 4.79 Å². The first-order valence-electron chi connectivity index (χ1n) is 4.68. The van der Waals surface area contributed by atoms with E-state index in [4.69, 9.17) is 5.73 Å². The van der Waals surface area contributed by atoms with E-state index in [1.807, 2.05) is 0 Å². The molecule has 1 aromatic rings. The first-order chi connectivity index (χ1) is 7.60. The van der Waals surface area contributed by atoms with Gasteiger partial charge >= 0.3 is 0 Å². The minimum atomic E-state index is -0.0290. The summed E-state index contributed by atoms with van der Waals surface area (Å²) in [7, 11) is 1.61. The number of anilines is 2. The van der Waals surface area contributed by atoms with Gasteiger partial charge in [-0.3, -0.25) is 9.79 Å². The summed E-state index contributed by atoms with van der Waals surface area (Å²) in [5, 5.41) is 5.17. The Morgan fingerprint density at radius 3 is 2.75 bits per heavy atom. The number of aliphatic imine (C=N–C) groups is 1. The van der Waals surface area contributed by atoms with Crippen LogP contribution in [0.1, 0.15) is 17.3 Å². The maximum Gasteiger partial charge on any atom is 0.159 e. The Kier molecular flexibility index (Phi) is 3.77. The van der Waals surface area contributed by atoms with Gasteiger partial charge < -0.3 is 5.73 Å². The second-order valence-corrected chi connectivity index (χ2v) is 3.19. The highest BCUT2D eigenvalue weighted by molar-refractivity contribution is 5.97. The summed E-state index contributed by atoms with van der Waals surface area (Å²) in [5.74, 6) is -0.0290. The third kappa shape index (κ3) is 2.44. The lowest BCUT2D eigenvalue weighted by atomic mass is 10.1. The molecule has 0 bridgehead atoms. The molecule has 1 aromatic carbocycles. The smallest absolute Gasteiger partial charge is 0.159 e. The number of carbonyl (C=O) groups excluding carboxylic acids is 1. The number of rotatable bonds is 4. The molecular formula is C11H14N4O. The van der Waals surface area contributed by atoms with E-state index >= 15 is 0 Å². The quantitative estimate of drug-likeness (QED) is 0.274. The van der Waals surface area contributed by atoms with Gasteiger partial charge in [-0.05, 0) is 25.1 Å². The van der Waals surface area contributed by atoms with Gasteiger partial charge in [0, 0.05) is 19.3 Å². The Hall–Kier alpha value is -2.17. The summed E-state index contributed by atoms with van der Waals surface area (Å²) in [6, 6.07) is 4.99. The summed E-state index contributed by atoms with van der Waals surface area (Å²) in [6.45, 7) is 4.91. The van der Waals surface area contributed by atoms with Gasteiger partial charge in [0.05, 0.1) is 11.4 Å². The number of nitrogens with two attached hydrogens (primary N) is 1. The molecule has 0 amide bonds. The highest BCUT2D eigenvalue weighted by atomic mass is 16.1. The zero-order valence-corrected chi connectivity index (χ0v) is 9.34. The minimum Gasteiger partial charge on any atom is -0.397 e. The van der Waals surface area contributed by atoms with Crippen LogP contribution in [0.4, 0.5) is 11.4 Å². The maximum atomic E-state index is 11.2. The number of benzene rings is 1. The summed E-state index contributed by atoms with van der Waals surface area (Å²) in [5.41, 5.74) is 7.47. The lowest BCUT2D eigenvalue weighted by Crippen LogP contribution is -2.15. The molecule has 0 atom stereocenters. The van der Waals surface area contributed by atoms with Crippen molar-refractivity contribution in [3.05, 3.63) is 23.8 Å². The fraction of sp³-hybridized carbons (Fsp3) is 0.182. The van der Waals surface area contributed by atoms with Gasteiger partial charge in [-0.25, -0.2) is 5.01 Å². The predicted octanol–water partition coefficient (Wildman–Crippen LogP) is 1.55. The standard InChI is InChI=1S/C11H14N4O/c1-8(16)9-4-5-10(12)11(6-9)15(14-3)7-13-2/h4-7H,3,12H2,1-2H3. The third-order valence-corrected chi connectivity index (χ3v) is 2.06. The molecule has 0 aliphatic rings. The first-order valence-corrected chi connectivity index (χ1v) is 4.68. The van der Waals surface area contributed by atoms with Crippen LogP contribution in [0.5, 0.6) is 0 Å². The average Bonchev–Trinajstić information content (AvgIpc) is 2.26. The van der Waals surface area contributed by atoms with E-state index < -0.39 is 0 Å². The van der Waals surface area contributed by atoms with E-state index in [1.54, 1.807) is 25.2 Å². The van der Waals surface area contributed by atoms with Gasteiger partial charge in [-0.2, -0.15) is 5.10 Å². The first kappa shape index (κ1) is 11.9. The Bertz CT molecular complexity index is 440. The van der Waals surface area contributed by atoms with Crippen molar-refractivity contribution in [1.29, 1.82) is 0 Å². The van der Waals surface area contributed by atoms with E-state index in [-0.39, 0.29) is 5.78 Å². The molecule has 5 heteroatoms. The summed E-state index contributed by atoms with van der Waals surface area (Å²) >= 11 is 0. The number of Topliss-reactive ketones (excluding diaryl/α,β-unsaturated/α-hetero) is 1. The van der Waals surface area contributed by atoms with Crippen molar-refractivity contribution in [2.24, 2.45) is 10.1 Å². The van der Waals surface area contributed by atoms with Crippen molar-refractivity contribution in [3.8, 4) is 0 Å². The molecule has 84 valence electrons. The van der Waals surface area contributed by atoms with Crippen molar-refractivity contribution in [2.75, 3.05) is 17.8 Å². The molecule has 0 unspecified atom stereocenters. The normalized spacial score (nSPS) is 10.4. The molecule has 16 heavy (non-hydrogen) atoms. The van der Waals surface area contributed by atoms with Crippen LogP contribution in [0.3, 0.4) is 0 Å². The number of carbonyl (C=O) groups is 1. The topological polar surface area (TPSA) is 71.0 Å². The minimum absolute atomic E-state index is 0.0290. The van der Waals surface area contributed by atoms with Crippen molar-refractivity contribution in [1.82, 2.24) is 0 Å². The molecule has 0 saturated carbocycles. The molecule has 0 aliphatic heterocycles. The van der Waals surface area contributed by atoms with Gasteiger partial charge in [-0.1, -0.05) is 0 Å². The van der Waals surface area contributed by atoms with Gasteiger partial charge in [0.2, 0.25) is 0 Å². The Morgan fingerprint density at radius 1 is 1.56 bits per heavy atom. The highest BCUT2D eigenvalue weighted by Gasteiger charge is 2.09. The lowest BCUT2D eigenvalue weighted by Gasteiger charge is -2.15. The number of nitrogen functional groups attached to an aromatic ring is 1. The summed E-state index contributed by atoms with van der Waals surface area (Å²) in [6.07, 6.45) is 1.47. The SMILES string of the molecule is C=NN(C=NC)c1cc(C(C)=O)ccc1N. The van der Waals surface area contributed by atoms with Crippen molar-refractivity contribution in [2.45, 2.75) is 6.92 Å². The van der Waals surface area contributed by atoms with Crippen LogP contribution in [0, 0.1) is 0 Å². The molecule has 0 aliphatic carbocycles. The molecule has 0 spiro atoms. The largest absolute Gasteiger partial charge is 0.397 e. The second-order valence-electron chi connectivity index (χ2n) is 3.19. The van der Waals surface area contributed by atoms with E-state index in [2.05, 4.69) is 16.8 Å². The molecule has 5 nitrogen and oxygen atoms in total. The van der Waals surface area contributed by atoms with Crippen LogP contribution in [-0.4, -0.2) is 25.9 Å². The monoisotopic (exact) mass is 218 g/mol. The van der Waals surface area contributed by atoms with Crippen molar-refractivity contribution >= 4 is 30.2 Å². The van der Waals surface area contributed by atoms with Crippen molar-refractivity contribution in [3.63, 3.8) is 0 Å². The molecule has 0 saturated heterocycles. The average molecular weight is 218 g/mol. The predicted molar refractivity (Wildman–Crippen MR) is 67.3 cm³/mol. The number of hydrogen-bond acceptors (Lipinski definition) is 4. The van der Waals surface area contributed by atoms with Crippen LogP contribution in [-0.2, 0) is 0 Å². The zero-order chi connectivity index (χ0) is 12.1. The van der Waals surface area contributed by atoms with Gasteiger partial charge in [0.1, 0.15) is 6.34 Å².